The second-order valence-electron chi connectivity index (χ2n) is 10.5. The average molecular weight is 635 g/mol. The van der Waals surface area contributed by atoms with Crippen LogP contribution < -0.4 is 19.5 Å². The smallest absolute Gasteiger partial charge is 0.416 e. The molecular weight excluding hydrogens is 605 g/mol. The van der Waals surface area contributed by atoms with Gasteiger partial charge in [-0.25, -0.2) is 4.98 Å². The van der Waals surface area contributed by atoms with E-state index in [1.165, 1.54) is 18.3 Å². The first-order chi connectivity index (χ1) is 21.0. The molecule has 0 bridgehead atoms. The second-order valence-corrected chi connectivity index (χ2v) is 10.9. The number of carbonyl (C=O) groups excluding carboxylic acids is 2. The van der Waals surface area contributed by atoms with Gasteiger partial charge in [0.2, 0.25) is 11.8 Å². The van der Waals surface area contributed by atoms with E-state index in [0.29, 0.717) is 37.8 Å². The summed E-state index contributed by atoms with van der Waals surface area (Å²) in [6.07, 6.45) is -3.24. The summed E-state index contributed by atoms with van der Waals surface area (Å²) < 4.78 is 61.9. The number of likely N-dealkylation sites (tertiary alicyclic amines) is 1. The molecule has 0 radical (unpaired) electrons. The van der Waals surface area contributed by atoms with Gasteiger partial charge in [0.05, 0.1) is 23.8 Å². The van der Waals surface area contributed by atoms with Crippen LogP contribution in [0.15, 0.2) is 54.7 Å². The number of fused-ring (bicyclic) bond motifs is 1. The van der Waals surface area contributed by atoms with Crippen LogP contribution in [0.2, 0.25) is 5.02 Å². The van der Waals surface area contributed by atoms with E-state index in [1.807, 2.05) is 25.1 Å². The lowest BCUT2D eigenvalue weighted by Gasteiger charge is -2.44. The molecule has 3 heterocycles. The number of likely N-dealkylation sites (N-methyl/N-ethyl adjacent to an activating group) is 1. The molecule has 1 saturated heterocycles. The molecule has 10 nitrogen and oxygen atoms in total. The number of nitrogens with one attached hydrogen (secondary N) is 1. The molecule has 5 rings (SSSR count). The van der Waals surface area contributed by atoms with Crippen LogP contribution in [0.25, 0.3) is 0 Å². The van der Waals surface area contributed by atoms with Crippen LogP contribution in [0.1, 0.15) is 21.5 Å². The molecule has 3 aromatic rings. The largest absolute Gasteiger partial charge is 0.486 e. The van der Waals surface area contributed by atoms with Gasteiger partial charge in [0.15, 0.2) is 11.5 Å². The van der Waals surface area contributed by atoms with Gasteiger partial charge in [-0.1, -0.05) is 17.7 Å². The summed E-state index contributed by atoms with van der Waals surface area (Å²) in [4.78, 5) is 34.6. The van der Waals surface area contributed by atoms with Gasteiger partial charge in [-0.05, 0) is 62.1 Å². The van der Waals surface area contributed by atoms with Gasteiger partial charge >= 0.3 is 6.18 Å². The zero-order valence-corrected chi connectivity index (χ0v) is 24.7. The Morgan fingerprint density at radius 1 is 1.11 bits per heavy atom. The minimum atomic E-state index is -4.59. The van der Waals surface area contributed by atoms with E-state index >= 15 is 0 Å². The fourth-order valence-electron chi connectivity index (χ4n) is 4.57. The molecule has 2 aliphatic heterocycles. The number of benzene rings is 2. The quantitative estimate of drug-likeness (QED) is 0.350. The van der Waals surface area contributed by atoms with Crippen molar-refractivity contribution in [2.75, 3.05) is 47.0 Å². The van der Waals surface area contributed by atoms with Crippen LogP contribution in [0, 0.1) is 0 Å². The minimum absolute atomic E-state index is 0.0529. The van der Waals surface area contributed by atoms with Crippen LogP contribution in [-0.2, 0) is 22.3 Å². The molecule has 0 spiro atoms. The Morgan fingerprint density at radius 3 is 2.57 bits per heavy atom. The molecular formula is C30H30ClF3N4O6. The predicted octanol–water partition coefficient (Wildman–Crippen LogP) is 4.40. The number of pyridine rings is 1. The topological polar surface area (TPSA) is 102 Å². The maximum atomic E-state index is 13.5. The summed E-state index contributed by atoms with van der Waals surface area (Å²) in [7, 11) is 3.85. The lowest BCUT2D eigenvalue weighted by molar-refractivity contribution is -0.141. The van der Waals surface area contributed by atoms with Gasteiger partial charge in [0.25, 0.3) is 5.91 Å². The zero-order chi connectivity index (χ0) is 31.4. The highest BCUT2D eigenvalue weighted by Gasteiger charge is 2.37. The normalized spacial score (nSPS) is 15.5. The highest BCUT2D eigenvalue weighted by molar-refractivity contribution is 6.32. The summed E-state index contributed by atoms with van der Waals surface area (Å²) in [5.41, 5.74) is -0.212. The monoisotopic (exact) mass is 634 g/mol. The fraction of sp³-hybridized carbons (Fsp3) is 0.367. The third kappa shape index (κ3) is 7.34. The van der Waals surface area contributed by atoms with Gasteiger partial charge < -0.3 is 34.1 Å². The minimum Gasteiger partial charge on any atom is -0.486 e. The number of carbonyl (C=O) groups is 2. The summed E-state index contributed by atoms with van der Waals surface area (Å²) in [5, 5.41) is 2.40. The number of alkyl halides is 3. The highest BCUT2D eigenvalue weighted by Crippen LogP contribution is 2.37. The van der Waals surface area contributed by atoms with Crippen molar-refractivity contribution in [1.82, 2.24) is 20.1 Å². The summed E-state index contributed by atoms with van der Waals surface area (Å²) >= 11 is 6.04. The number of ether oxygens (including phenoxy) is 4. The first kappa shape index (κ1) is 31.4. The van der Waals surface area contributed by atoms with Crippen molar-refractivity contribution in [3.05, 3.63) is 76.4 Å². The Bertz CT molecular complexity index is 1520. The van der Waals surface area contributed by atoms with Gasteiger partial charge in [-0.3, -0.25) is 9.59 Å². The van der Waals surface area contributed by atoms with E-state index in [2.05, 4.69) is 10.3 Å². The molecule has 1 fully saturated rings. The van der Waals surface area contributed by atoms with Crippen molar-refractivity contribution in [1.29, 1.82) is 0 Å². The molecule has 2 aromatic carbocycles. The molecule has 0 unspecified atom stereocenters. The number of nitrogens with zero attached hydrogens (tertiary/aromatic N) is 3. The molecule has 2 aliphatic rings. The van der Waals surface area contributed by atoms with Crippen LogP contribution in [-0.4, -0.2) is 85.7 Å². The van der Waals surface area contributed by atoms with Crippen molar-refractivity contribution >= 4 is 23.4 Å². The first-order valence-electron chi connectivity index (χ1n) is 13.7. The SMILES string of the molecule is CN(C)C1CN(C(=O)[C@@H](COCc2ccc3c(c2)OCCO3)NC(=O)c2cccnc2Oc2ccc(C(F)(F)F)cc2Cl)C1. The molecule has 1 atom stereocenters. The number of aromatic nitrogens is 1. The van der Waals surface area contributed by atoms with E-state index in [0.717, 1.165) is 23.8 Å². The predicted molar refractivity (Wildman–Crippen MR) is 153 cm³/mol. The number of hydrogen-bond donors (Lipinski definition) is 1. The Labute approximate surface area is 256 Å². The van der Waals surface area contributed by atoms with Crippen LogP contribution in [0.5, 0.6) is 23.1 Å². The summed E-state index contributed by atoms with van der Waals surface area (Å²) in [6, 6.07) is 10.0. The van der Waals surface area contributed by atoms with E-state index in [4.69, 9.17) is 30.5 Å². The molecule has 0 aliphatic carbocycles. The number of hydrogen-bond acceptors (Lipinski definition) is 8. The Morgan fingerprint density at radius 2 is 1.86 bits per heavy atom. The van der Waals surface area contributed by atoms with Gasteiger partial charge in [-0.2, -0.15) is 13.2 Å². The Balaban J connectivity index is 1.29. The van der Waals surface area contributed by atoms with Crippen LogP contribution in [0.3, 0.4) is 0 Å². The third-order valence-corrected chi connectivity index (χ3v) is 7.44. The van der Waals surface area contributed by atoms with Gasteiger partial charge in [0.1, 0.15) is 30.6 Å². The number of rotatable bonds is 10. The van der Waals surface area contributed by atoms with Crippen molar-refractivity contribution in [3.8, 4) is 23.1 Å². The van der Waals surface area contributed by atoms with Crippen LogP contribution >= 0.6 is 11.6 Å². The molecule has 0 saturated carbocycles. The first-order valence-corrected chi connectivity index (χ1v) is 14.1. The summed E-state index contributed by atoms with van der Waals surface area (Å²) in [6.45, 7) is 1.91. The molecule has 1 aromatic heterocycles. The summed E-state index contributed by atoms with van der Waals surface area (Å²) in [5.74, 6) is -0.103. The van der Waals surface area contributed by atoms with Gasteiger partial charge in [0, 0.05) is 25.3 Å². The number of halogens is 4. The maximum absolute atomic E-state index is 13.5. The molecule has 44 heavy (non-hydrogen) atoms. The van der Waals surface area contributed by atoms with Crippen LogP contribution in [0.4, 0.5) is 13.2 Å². The highest BCUT2D eigenvalue weighted by atomic mass is 35.5. The second kappa shape index (κ2) is 13.3. The van der Waals surface area contributed by atoms with Crippen molar-refractivity contribution in [3.63, 3.8) is 0 Å². The average Bonchev–Trinajstić information content (AvgIpc) is 2.96. The maximum Gasteiger partial charge on any atom is 0.416 e. The molecule has 1 N–H and O–H groups in total. The molecule has 2 amide bonds. The van der Waals surface area contributed by atoms with E-state index in [-0.39, 0.29) is 47.4 Å². The standard InChI is InChI=1S/C30H30ClF3N4O6/c1-37(2)20-14-38(15-20)29(40)23(17-41-16-18-5-7-25-26(12-18)43-11-10-42-25)36-27(39)21-4-3-9-35-28(21)44-24-8-6-19(13-22(24)31)30(32,33)34/h3-9,12-13,20,23H,10-11,14-17H2,1-2H3,(H,36,39)/t23-/m1/s1. The van der Waals surface area contributed by atoms with Gasteiger partial charge in [-0.15, -0.1) is 0 Å². The van der Waals surface area contributed by atoms with Crippen molar-refractivity contribution in [2.45, 2.75) is 24.9 Å². The Kier molecular flexibility index (Phi) is 9.47. The van der Waals surface area contributed by atoms with E-state index < -0.39 is 23.7 Å². The third-order valence-electron chi connectivity index (χ3n) is 7.15. The van der Waals surface area contributed by atoms with E-state index in [9.17, 15) is 22.8 Å². The van der Waals surface area contributed by atoms with Crippen molar-refractivity contribution in [2.24, 2.45) is 0 Å². The number of amides is 2. The van der Waals surface area contributed by atoms with Crippen molar-refractivity contribution < 1.29 is 41.7 Å². The lowest BCUT2D eigenvalue weighted by Crippen LogP contribution is -2.63. The Hall–Kier alpha value is -4.07. The molecule has 234 valence electrons. The zero-order valence-electron chi connectivity index (χ0n) is 23.9. The fourth-order valence-corrected chi connectivity index (χ4v) is 4.79. The lowest BCUT2D eigenvalue weighted by atomic mass is 10.1. The molecule has 14 heteroatoms. The van der Waals surface area contributed by atoms with E-state index in [1.54, 1.807) is 17.0 Å².